The van der Waals surface area contributed by atoms with E-state index in [0.717, 1.165) is 55.6 Å². The van der Waals surface area contributed by atoms with E-state index < -0.39 is 32.7 Å². The van der Waals surface area contributed by atoms with Crippen LogP contribution >= 0.6 is 0 Å². The van der Waals surface area contributed by atoms with Gasteiger partial charge in [-0.25, -0.2) is 0 Å². The Balaban J connectivity index is 1.50. The van der Waals surface area contributed by atoms with Crippen LogP contribution in [0.15, 0.2) is 170 Å². The molecule has 6 aromatic carbocycles. The number of ether oxygens (including phenoxy) is 8. The van der Waals surface area contributed by atoms with Crippen molar-refractivity contribution in [1.82, 2.24) is 0 Å². The molecule has 0 heterocycles. The Bertz CT molecular complexity index is 2240. The van der Waals surface area contributed by atoms with Crippen LogP contribution in [0.3, 0.4) is 0 Å². The van der Waals surface area contributed by atoms with E-state index in [-0.39, 0.29) is 31.5 Å². The Morgan fingerprint density at radius 3 is 1.17 bits per heavy atom. The molecule has 6 rings (SSSR count). The summed E-state index contributed by atoms with van der Waals surface area (Å²) >= 11 is 0. The Labute approximate surface area is 386 Å². The summed E-state index contributed by atoms with van der Waals surface area (Å²) in [6, 6.07) is 52.7. The quantitative estimate of drug-likeness (QED) is 0.0412. The van der Waals surface area contributed by atoms with Gasteiger partial charge in [-0.1, -0.05) is 136 Å². The monoisotopic (exact) mass is 896 g/mol. The number of methoxy groups -OCH3 is 4. The van der Waals surface area contributed by atoms with E-state index in [0.29, 0.717) is 6.61 Å². The maximum atomic E-state index is 8.03. The topological polar surface area (TPSA) is 83.1 Å². The second-order valence-electron chi connectivity index (χ2n) is 16.8. The van der Waals surface area contributed by atoms with E-state index >= 15 is 0 Å². The second-order valence-corrected chi connectivity index (χ2v) is 21.0. The highest BCUT2D eigenvalue weighted by Crippen LogP contribution is 2.39. The smallest absolute Gasteiger partial charge is 0.261 e. The fourth-order valence-electron chi connectivity index (χ4n) is 7.96. The summed E-state index contributed by atoms with van der Waals surface area (Å²) in [4.78, 5) is 0. The summed E-state index contributed by atoms with van der Waals surface area (Å²) in [6.45, 7) is 12.4. The highest BCUT2D eigenvalue weighted by atomic mass is 28.4. The Morgan fingerprint density at radius 1 is 0.462 bits per heavy atom. The zero-order valence-electron chi connectivity index (χ0n) is 38.8. The van der Waals surface area contributed by atoms with Crippen LogP contribution in [0, 0.1) is 0 Å². The predicted molar refractivity (Wildman–Crippen MR) is 260 cm³/mol. The molecular formula is C55H64O9Si. The average Bonchev–Trinajstić information content (AvgIpc) is 3.35. The van der Waals surface area contributed by atoms with Crippen LogP contribution in [0.5, 0.6) is 23.0 Å². The highest BCUT2D eigenvalue weighted by molar-refractivity contribution is 6.99. The van der Waals surface area contributed by atoms with Gasteiger partial charge in [0.2, 0.25) is 0 Å². The first-order valence-corrected chi connectivity index (χ1v) is 23.9. The first-order chi connectivity index (χ1) is 31.6. The maximum absolute atomic E-state index is 8.03. The summed E-state index contributed by atoms with van der Waals surface area (Å²) in [5.41, 5.74) is 3.85. The molecule has 0 fully saturated rings. The summed E-state index contributed by atoms with van der Waals surface area (Å²) in [6.07, 6.45) is -1.09. The molecule has 10 heteroatoms. The van der Waals surface area contributed by atoms with E-state index in [1.165, 1.54) is 0 Å². The van der Waals surface area contributed by atoms with Crippen molar-refractivity contribution >= 4 is 18.7 Å². The lowest BCUT2D eigenvalue weighted by Crippen LogP contribution is -2.69. The van der Waals surface area contributed by atoms with Crippen molar-refractivity contribution in [2.45, 2.75) is 76.7 Å². The van der Waals surface area contributed by atoms with Crippen LogP contribution in [-0.2, 0) is 49.8 Å². The van der Waals surface area contributed by atoms with Crippen LogP contribution in [0.4, 0.5) is 0 Å². The Hall–Kier alpha value is -5.72. The van der Waals surface area contributed by atoms with E-state index in [9.17, 15) is 0 Å². The summed E-state index contributed by atoms with van der Waals surface area (Å²) in [5.74, 6) is 3.05. The third-order valence-corrected chi connectivity index (χ3v) is 16.6. The molecule has 0 unspecified atom stereocenters. The molecule has 0 radical (unpaired) electrons. The van der Waals surface area contributed by atoms with Gasteiger partial charge in [0.05, 0.1) is 67.6 Å². The highest BCUT2D eigenvalue weighted by Gasteiger charge is 2.53. The zero-order chi connectivity index (χ0) is 46.1. The first kappa shape index (κ1) is 48.7. The molecule has 0 aliphatic rings. The average molecular weight is 897 g/mol. The second kappa shape index (κ2) is 24.0. The van der Waals surface area contributed by atoms with E-state index in [2.05, 4.69) is 75.9 Å². The van der Waals surface area contributed by atoms with Crippen LogP contribution < -0.4 is 29.3 Å². The third kappa shape index (κ3) is 13.0. The third-order valence-electron chi connectivity index (χ3n) is 11.5. The Morgan fingerprint density at radius 2 is 0.815 bits per heavy atom. The maximum Gasteiger partial charge on any atom is 0.261 e. The van der Waals surface area contributed by atoms with Crippen LogP contribution in [-0.4, -0.2) is 67.8 Å². The molecule has 0 saturated heterocycles. The van der Waals surface area contributed by atoms with Gasteiger partial charge in [-0.3, -0.25) is 0 Å². The first-order valence-electron chi connectivity index (χ1n) is 22.0. The molecule has 0 aliphatic heterocycles. The molecule has 0 amide bonds. The molecule has 65 heavy (non-hydrogen) atoms. The molecule has 9 nitrogen and oxygen atoms in total. The number of hydrogen-bond donors (Lipinski definition) is 0. The van der Waals surface area contributed by atoms with Crippen molar-refractivity contribution in [2.24, 2.45) is 0 Å². The van der Waals surface area contributed by atoms with Crippen molar-refractivity contribution in [3.63, 3.8) is 0 Å². The van der Waals surface area contributed by atoms with Gasteiger partial charge >= 0.3 is 0 Å². The zero-order valence-corrected chi connectivity index (χ0v) is 39.8. The van der Waals surface area contributed by atoms with E-state index in [1.54, 1.807) is 34.5 Å². The summed E-state index contributed by atoms with van der Waals surface area (Å²) in [7, 11) is 3.38. The molecule has 0 bridgehead atoms. The lowest BCUT2D eigenvalue weighted by atomic mass is 10.0. The van der Waals surface area contributed by atoms with Crippen molar-refractivity contribution in [2.75, 3.05) is 35.0 Å². The molecular weight excluding hydrogens is 833 g/mol. The molecule has 4 atom stereocenters. The van der Waals surface area contributed by atoms with Gasteiger partial charge in [0.15, 0.2) is 0 Å². The van der Waals surface area contributed by atoms with Gasteiger partial charge in [0, 0.05) is 0 Å². The van der Waals surface area contributed by atoms with Gasteiger partial charge in [-0.05, 0) is 86.2 Å². The normalized spacial score (nSPS) is 13.6. The predicted octanol–water partition coefficient (Wildman–Crippen LogP) is 10.1. The number of benzene rings is 6. The summed E-state index contributed by atoms with van der Waals surface area (Å²) in [5, 5.41) is 1.88. The van der Waals surface area contributed by atoms with Crippen LogP contribution in [0.25, 0.3) is 0 Å². The van der Waals surface area contributed by atoms with E-state index in [1.807, 2.05) is 109 Å². The molecule has 0 N–H and O–H groups in total. The molecule has 342 valence electrons. The van der Waals surface area contributed by atoms with Gasteiger partial charge in [-0.2, -0.15) is 0 Å². The van der Waals surface area contributed by atoms with Crippen molar-refractivity contribution in [3.8, 4) is 23.0 Å². The lowest BCUT2D eigenvalue weighted by molar-refractivity contribution is -0.175. The van der Waals surface area contributed by atoms with Crippen LogP contribution in [0.1, 0.15) is 43.0 Å². The minimum atomic E-state index is -3.25. The van der Waals surface area contributed by atoms with Crippen molar-refractivity contribution < 1.29 is 42.3 Å². The summed E-state index contributed by atoms with van der Waals surface area (Å²) < 4.78 is 57.8. The molecule has 0 saturated carbocycles. The Kier molecular flexibility index (Phi) is 18.0. The minimum absolute atomic E-state index is 0.161. The van der Waals surface area contributed by atoms with Crippen LogP contribution in [0.2, 0.25) is 5.04 Å². The fraction of sp³-hybridized carbons (Fsp3) is 0.309. The standard InChI is InChI=1S/C55H64O9Si/c1-9-51(61-37-42-22-30-46(57-6)31-23-42)53(62-38-43-24-32-47(58-7)33-25-43)54(63-39-44-26-34-48(59-8)35-27-44)52(40-60-36-41-20-28-45(56-5)29-21-41)64-65(55(2,3)4,49-16-12-10-13-17-49)50-18-14-11-15-19-50/h9-35,51-54H,1,36-40H2,2-8H3/t51-,52+,53+,54+/m0/s1. The van der Waals surface area contributed by atoms with E-state index in [4.69, 9.17) is 42.3 Å². The SMILES string of the molecule is C=C[C@H](OCc1ccc(OC)cc1)[C@@H](OCc1ccc(OC)cc1)[C@H](OCc1ccc(OC)cc1)[C@@H](COCc1ccc(OC)cc1)O[Si](c1ccccc1)(c1ccccc1)C(C)(C)C. The van der Waals surface area contributed by atoms with Gasteiger partial charge in [0.25, 0.3) is 8.32 Å². The fourth-order valence-corrected chi connectivity index (χ4v) is 12.6. The molecule has 0 aromatic heterocycles. The molecule has 0 spiro atoms. The lowest BCUT2D eigenvalue weighted by Gasteiger charge is -2.47. The number of rotatable bonds is 25. The molecule has 0 aliphatic carbocycles. The minimum Gasteiger partial charge on any atom is -0.497 e. The van der Waals surface area contributed by atoms with Gasteiger partial charge in [0.1, 0.15) is 41.3 Å². The van der Waals surface area contributed by atoms with Gasteiger partial charge in [-0.15, -0.1) is 6.58 Å². The van der Waals surface area contributed by atoms with Crippen molar-refractivity contribution in [3.05, 3.63) is 193 Å². The number of hydrogen-bond acceptors (Lipinski definition) is 9. The van der Waals surface area contributed by atoms with Crippen molar-refractivity contribution in [1.29, 1.82) is 0 Å². The van der Waals surface area contributed by atoms with Gasteiger partial charge < -0.3 is 42.3 Å². The largest absolute Gasteiger partial charge is 0.497 e. The molecule has 6 aromatic rings.